The summed E-state index contributed by atoms with van der Waals surface area (Å²) >= 11 is 0. The summed E-state index contributed by atoms with van der Waals surface area (Å²) in [5.41, 5.74) is 0.283. The molecule has 0 atom stereocenters. The number of carbonyl (C=O) groups is 1. The predicted molar refractivity (Wildman–Crippen MR) is 49.2 cm³/mol. The van der Waals surface area contributed by atoms with Gasteiger partial charge in [-0.25, -0.2) is 4.79 Å². The Bertz CT molecular complexity index is 264. The van der Waals surface area contributed by atoms with Gasteiger partial charge in [-0.3, -0.25) is 0 Å². The molecule has 0 bridgehead atoms. The Morgan fingerprint density at radius 3 is 2.23 bits per heavy atom. The van der Waals surface area contributed by atoms with Crippen LogP contribution in [0.5, 0.6) is 0 Å². The summed E-state index contributed by atoms with van der Waals surface area (Å²) in [7, 11) is -2.06. The van der Waals surface area contributed by atoms with E-state index in [-0.39, 0.29) is 35.1 Å². The van der Waals surface area contributed by atoms with Gasteiger partial charge in [0.2, 0.25) is 0 Å². The van der Waals surface area contributed by atoms with Gasteiger partial charge < -0.3 is 14.7 Å². The Hall–Kier alpha value is -0.325. The minimum absolute atomic E-state index is 0. The van der Waals surface area contributed by atoms with Crippen LogP contribution in [0.4, 0.5) is 0 Å². The van der Waals surface area contributed by atoms with Crippen LogP contribution in [0.25, 0.3) is 0 Å². The van der Waals surface area contributed by atoms with Crippen LogP contribution in [0.3, 0.4) is 0 Å². The van der Waals surface area contributed by atoms with Crippen molar-refractivity contribution in [3.63, 3.8) is 0 Å². The third kappa shape index (κ3) is 4.45. The normalized spacial score (nSPS) is 8.46. The first-order valence-electron chi connectivity index (χ1n) is 3.32. The van der Waals surface area contributed by atoms with E-state index >= 15 is 0 Å². The zero-order chi connectivity index (χ0) is 8.97. The summed E-state index contributed by atoms with van der Waals surface area (Å²) in [5, 5.41) is 16.6. The van der Waals surface area contributed by atoms with E-state index in [1.165, 1.54) is 12.1 Å². The fourth-order valence-electron chi connectivity index (χ4n) is 0.738. The van der Waals surface area contributed by atoms with Crippen molar-refractivity contribution in [3.05, 3.63) is 35.9 Å². The van der Waals surface area contributed by atoms with Crippen molar-refractivity contribution < 1.29 is 19.5 Å². The van der Waals surface area contributed by atoms with E-state index in [9.17, 15) is 4.79 Å². The van der Waals surface area contributed by atoms with Crippen LogP contribution >= 0.6 is 0 Å². The average molecular weight is 190 g/mol. The molecule has 0 aliphatic heterocycles. The van der Waals surface area contributed by atoms with E-state index in [0.717, 1.165) is 0 Å². The molecule has 4 nitrogen and oxygen atoms in total. The van der Waals surface area contributed by atoms with Crippen molar-refractivity contribution in [1.82, 2.24) is 0 Å². The molecule has 1 rings (SSSR count). The molecule has 0 saturated heterocycles. The molecule has 1 aromatic carbocycles. The molecule has 0 aliphatic rings. The summed E-state index contributed by atoms with van der Waals surface area (Å²) in [5.74, 6) is -0.759. The van der Waals surface area contributed by atoms with Crippen molar-refractivity contribution in [2.24, 2.45) is 0 Å². The number of rotatable bonds is 2. The molecular weight excluding hydrogens is 182 g/mol. The number of carbonyl (C=O) groups excluding carboxylic acids is 1. The van der Waals surface area contributed by atoms with E-state index in [1.807, 2.05) is 0 Å². The molecule has 0 heterocycles. The van der Waals surface area contributed by atoms with Gasteiger partial charge in [-0.1, -0.05) is 18.2 Å². The molecule has 64 valence electrons. The van der Waals surface area contributed by atoms with Crippen molar-refractivity contribution in [2.45, 2.75) is 0 Å². The average Bonchev–Trinajstić information content (AvgIpc) is 2.05. The molecule has 0 radical (unpaired) electrons. The predicted octanol–water partition coefficient (Wildman–Crippen LogP) is -0.836. The monoisotopic (exact) mass is 190 g/mol. The van der Waals surface area contributed by atoms with Gasteiger partial charge in [0.05, 0.1) is 5.56 Å². The van der Waals surface area contributed by atoms with Gasteiger partial charge in [-0.2, -0.15) is 0 Å². The Labute approximate surface area is 98.0 Å². The molecule has 0 fully saturated rings. The molecule has 1 aromatic rings. The van der Waals surface area contributed by atoms with Crippen LogP contribution in [0, 0.1) is 0 Å². The van der Waals surface area contributed by atoms with E-state index < -0.39 is 13.3 Å². The van der Waals surface area contributed by atoms with Gasteiger partial charge in [-0.05, 0) is 12.1 Å². The molecule has 0 aliphatic carbocycles. The first-order chi connectivity index (χ1) is 5.70. The van der Waals surface area contributed by atoms with E-state index in [2.05, 4.69) is 4.65 Å². The molecule has 0 unspecified atom stereocenters. The van der Waals surface area contributed by atoms with Crippen molar-refractivity contribution in [1.29, 1.82) is 0 Å². The van der Waals surface area contributed by atoms with Crippen molar-refractivity contribution in [2.75, 3.05) is 0 Å². The Morgan fingerprint density at radius 2 is 1.77 bits per heavy atom. The summed E-state index contributed by atoms with van der Waals surface area (Å²) in [4.78, 5) is 10.9. The van der Waals surface area contributed by atoms with E-state index in [1.54, 1.807) is 18.2 Å². The van der Waals surface area contributed by atoms with Gasteiger partial charge in [0, 0.05) is 0 Å². The SMILES string of the molecule is O=C(OB(O)O)c1ccccc1.[NaH]. The third-order valence-electron chi connectivity index (χ3n) is 1.22. The van der Waals surface area contributed by atoms with Gasteiger partial charge in [0.25, 0.3) is 0 Å². The standard InChI is InChI=1S/C7H7BO4.Na.H/c9-7(12-8(10)11)6-4-2-1-3-5-6;;/h1-5,10-11H;;. The second-order valence-corrected chi connectivity index (χ2v) is 2.10. The fraction of sp³-hybridized carbons (Fsp3) is 0. The fourth-order valence-corrected chi connectivity index (χ4v) is 0.738. The maximum absolute atomic E-state index is 10.9. The van der Waals surface area contributed by atoms with Crippen molar-refractivity contribution >= 4 is 42.8 Å². The van der Waals surface area contributed by atoms with E-state index in [0.29, 0.717) is 0 Å². The minimum atomic E-state index is -2.06. The van der Waals surface area contributed by atoms with Gasteiger partial charge in [0.1, 0.15) is 0 Å². The Morgan fingerprint density at radius 1 is 1.23 bits per heavy atom. The molecule has 0 saturated carbocycles. The number of hydrogen-bond donors (Lipinski definition) is 2. The van der Waals surface area contributed by atoms with Crippen LogP contribution in [-0.4, -0.2) is 52.9 Å². The Kier molecular flexibility index (Phi) is 6.02. The van der Waals surface area contributed by atoms with Gasteiger partial charge >= 0.3 is 42.8 Å². The third-order valence-corrected chi connectivity index (χ3v) is 1.22. The van der Waals surface area contributed by atoms with Crippen LogP contribution in [-0.2, 0) is 4.65 Å². The molecule has 6 heteroatoms. The number of benzene rings is 1. The Balaban J connectivity index is 0.00000144. The maximum atomic E-state index is 10.9. The van der Waals surface area contributed by atoms with Crippen LogP contribution in [0.15, 0.2) is 30.3 Å². The first kappa shape index (κ1) is 12.7. The molecule has 0 amide bonds. The van der Waals surface area contributed by atoms with Gasteiger partial charge in [0.15, 0.2) is 0 Å². The summed E-state index contributed by atoms with van der Waals surface area (Å²) in [6.07, 6.45) is 0. The van der Waals surface area contributed by atoms with Crippen LogP contribution in [0.1, 0.15) is 10.4 Å². The molecule has 2 N–H and O–H groups in total. The first-order valence-corrected chi connectivity index (χ1v) is 3.32. The molecule has 0 spiro atoms. The summed E-state index contributed by atoms with van der Waals surface area (Å²) in [6, 6.07) is 8.09. The molecular formula is C7H8BNaO4. The van der Waals surface area contributed by atoms with Gasteiger partial charge in [-0.15, -0.1) is 0 Å². The number of hydrogen-bond acceptors (Lipinski definition) is 4. The van der Waals surface area contributed by atoms with Crippen LogP contribution < -0.4 is 0 Å². The zero-order valence-electron chi connectivity index (χ0n) is 6.18. The van der Waals surface area contributed by atoms with E-state index in [4.69, 9.17) is 10.0 Å². The van der Waals surface area contributed by atoms with Crippen molar-refractivity contribution in [3.8, 4) is 0 Å². The molecule has 0 aromatic heterocycles. The topological polar surface area (TPSA) is 66.8 Å². The second-order valence-electron chi connectivity index (χ2n) is 2.10. The molecule has 13 heavy (non-hydrogen) atoms. The zero-order valence-corrected chi connectivity index (χ0v) is 6.18. The quantitative estimate of drug-likeness (QED) is 0.597. The summed E-state index contributed by atoms with van der Waals surface area (Å²) < 4.78 is 4.11. The summed E-state index contributed by atoms with van der Waals surface area (Å²) in [6.45, 7) is 0. The van der Waals surface area contributed by atoms with Crippen LogP contribution in [0.2, 0.25) is 0 Å². The second kappa shape index (κ2) is 6.18.